The van der Waals surface area contributed by atoms with E-state index < -0.39 is 4.92 Å². The molecule has 7 heteroatoms. The molecule has 0 atom stereocenters. The molecule has 3 N–H and O–H groups in total. The van der Waals surface area contributed by atoms with E-state index in [-0.39, 0.29) is 17.3 Å². The van der Waals surface area contributed by atoms with E-state index in [4.69, 9.17) is 10.5 Å². The third-order valence-corrected chi connectivity index (χ3v) is 2.59. The van der Waals surface area contributed by atoms with Crippen molar-refractivity contribution in [2.75, 3.05) is 18.2 Å². The number of pyridine rings is 1. The van der Waals surface area contributed by atoms with Gasteiger partial charge in [0.05, 0.1) is 11.5 Å². The quantitative estimate of drug-likeness (QED) is 0.641. The van der Waals surface area contributed by atoms with E-state index in [2.05, 4.69) is 10.3 Å². The third-order valence-electron chi connectivity index (χ3n) is 2.59. The number of hydrogen-bond acceptors (Lipinski definition) is 6. The number of rotatable bonds is 5. The molecule has 0 bridgehead atoms. The fraction of sp³-hybridized carbons (Fsp3) is 0.154. The Labute approximate surface area is 115 Å². The number of methoxy groups -OCH3 is 1. The van der Waals surface area contributed by atoms with Crippen LogP contribution in [0.1, 0.15) is 5.56 Å². The molecular weight excluding hydrogens is 260 g/mol. The number of benzene rings is 1. The van der Waals surface area contributed by atoms with Gasteiger partial charge in [0.15, 0.2) is 0 Å². The Kier molecular flexibility index (Phi) is 4.11. The SMILES string of the molecule is COCc1cccc(Nc2nc(N)ccc2[N+](=O)[O-])c1. The van der Waals surface area contributed by atoms with Gasteiger partial charge in [-0.15, -0.1) is 0 Å². The van der Waals surface area contributed by atoms with E-state index in [0.29, 0.717) is 12.3 Å². The molecule has 0 aliphatic heterocycles. The lowest BCUT2D eigenvalue weighted by atomic mass is 10.2. The van der Waals surface area contributed by atoms with Crippen molar-refractivity contribution in [2.24, 2.45) is 0 Å². The summed E-state index contributed by atoms with van der Waals surface area (Å²) in [5.41, 5.74) is 7.07. The molecule has 1 heterocycles. The second-order valence-electron chi connectivity index (χ2n) is 4.12. The maximum absolute atomic E-state index is 11.0. The summed E-state index contributed by atoms with van der Waals surface area (Å²) in [7, 11) is 1.60. The molecule has 2 aromatic rings. The van der Waals surface area contributed by atoms with Crippen LogP contribution in [-0.2, 0) is 11.3 Å². The van der Waals surface area contributed by atoms with Crippen molar-refractivity contribution in [3.8, 4) is 0 Å². The molecule has 0 aliphatic rings. The predicted octanol–water partition coefficient (Wildman–Crippen LogP) is 2.46. The van der Waals surface area contributed by atoms with Crippen LogP contribution in [0.2, 0.25) is 0 Å². The van der Waals surface area contributed by atoms with Crippen molar-refractivity contribution in [1.82, 2.24) is 4.98 Å². The van der Waals surface area contributed by atoms with Crippen LogP contribution in [0.3, 0.4) is 0 Å². The first-order valence-corrected chi connectivity index (χ1v) is 5.86. The highest BCUT2D eigenvalue weighted by Crippen LogP contribution is 2.26. The normalized spacial score (nSPS) is 10.2. The fourth-order valence-corrected chi connectivity index (χ4v) is 1.75. The first-order chi connectivity index (χ1) is 9.60. The summed E-state index contributed by atoms with van der Waals surface area (Å²) in [6, 6.07) is 10.1. The molecule has 1 aromatic carbocycles. The van der Waals surface area contributed by atoms with E-state index in [0.717, 1.165) is 5.56 Å². The third kappa shape index (κ3) is 3.21. The van der Waals surface area contributed by atoms with E-state index in [9.17, 15) is 10.1 Å². The van der Waals surface area contributed by atoms with Crippen molar-refractivity contribution in [3.63, 3.8) is 0 Å². The van der Waals surface area contributed by atoms with Gasteiger partial charge in [-0.1, -0.05) is 12.1 Å². The largest absolute Gasteiger partial charge is 0.384 e. The van der Waals surface area contributed by atoms with Gasteiger partial charge in [0, 0.05) is 18.9 Å². The number of nitrogen functional groups attached to an aromatic ring is 1. The monoisotopic (exact) mass is 274 g/mol. The minimum absolute atomic E-state index is 0.115. The molecule has 0 fully saturated rings. The Bertz CT molecular complexity index is 631. The van der Waals surface area contributed by atoms with Crippen LogP contribution in [0.5, 0.6) is 0 Å². The molecule has 104 valence electrons. The van der Waals surface area contributed by atoms with Crippen LogP contribution < -0.4 is 11.1 Å². The Balaban J connectivity index is 2.31. The molecule has 0 saturated carbocycles. The summed E-state index contributed by atoms with van der Waals surface area (Å²) in [5.74, 6) is 0.329. The number of nitro groups is 1. The number of nitrogens with zero attached hydrogens (tertiary/aromatic N) is 2. The van der Waals surface area contributed by atoms with Crippen LogP contribution in [0, 0.1) is 10.1 Å². The number of ether oxygens (including phenoxy) is 1. The zero-order valence-electron chi connectivity index (χ0n) is 10.9. The number of hydrogen-bond donors (Lipinski definition) is 2. The summed E-state index contributed by atoms with van der Waals surface area (Å²) < 4.78 is 5.04. The van der Waals surface area contributed by atoms with Crippen LogP contribution in [-0.4, -0.2) is 17.0 Å². The van der Waals surface area contributed by atoms with Gasteiger partial charge in [0.25, 0.3) is 0 Å². The highest BCUT2D eigenvalue weighted by Gasteiger charge is 2.15. The Morgan fingerprint density at radius 1 is 1.40 bits per heavy atom. The van der Waals surface area contributed by atoms with Crippen LogP contribution in [0.15, 0.2) is 36.4 Å². The molecule has 0 amide bonds. The van der Waals surface area contributed by atoms with Crippen molar-refractivity contribution in [1.29, 1.82) is 0 Å². The molecule has 0 radical (unpaired) electrons. The van der Waals surface area contributed by atoms with E-state index >= 15 is 0 Å². The highest BCUT2D eigenvalue weighted by atomic mass is 16.6. The number of nitrogens with one attached hydrogen (secondary N) is 1. The van der Waals surface area contributed by atoms with Gasteiger partial charge in [-0.3, -0.25) is 10.1 Å². The summed E-state index contributed by atoms with van der Waals surface area (Å²) in [6.45, 7) is 0.460. The summed E-state index contributed by atoms with van der Waals surface area (Å²) >= 11 is 0. The lowest BCUT2D eigenvalue weighted by molar-refractivity contribution is -0.384. The van der Waals surface area contributed by atoms with E-state index in [1.807, 2.05) is 18.2 Å². The van der Waals surface area contributed by atoms with Gasteiger partial charge in [-0.25, -0.2) is 4.98 Å². The number of anilines is 3. The zero-order valence-corrected chi connectivity index (χ0v) is 10.9. The van der Waals surface area contributed by atoms with Crippen LogP contribution in [0.4, 0.5) is 23.0 Å². The first-order valence-electron chi connectivity index (χ1n) is 5.86. The van der Waals surface area contributed by atoms with E-state index in [1.165, 1.54) is 12.1 Å². The second-order valence-corrected chi connectivity index (χ2v) is 4.12. The lowest BCUT2D eigenvalue weighted by Gasteiger charge is -2.08. The Morgan fingerprint density at radius 3 is 2.90 bits per heavy atom. The smallest absolute Gasteiger partial charge is 0.311 e. The van der Waals surface area contributed by atoms with Gasteiger partial charge in [-0.2, -0.15) is 0 Å². The molecular formula is C13H14N4O3. The molecule has 2 rings (SSSR count). The molecule has 20 heavy (non-hydrogen) atoms. The second kappa shape index (κ2) is 5.98. The van der Waals surface area contributed by atoms with Crippen molar-refractivity contribution >= 4 is 23.0 Å². The maximum atomic E-state index is 11.0. The van der Waals surface area contributed by atoms with Crippen LogP contribution in [0.25, 0.3) is 0 Å². The predicted molar refractivity (Wildman–Crippen MR) is 75.7 cm³/mol. The first kappa shape index (κ1) is 13.8. The van der Waals surface area contributed by atoms with Crippen molar-refractivity contribution in [3.05, 3.63) is 52.1 Å². The molecule has 0 unspecified atom stereocenters. The molecule has 0 spiro atoms. The standard InChI is InChI=1S/C13H14N4O3/c1-20-8-9-3-2-4-10(7-9)15-13-11(17(18)19)5-6-12(14)16-13/h2-7H,8H2,1H3,(H3,14,15,16). The summed E-state index contributed by atoms with van der Waals surface area (Å²) in [5, 5.41) is 13.9. The van der Waals surface area contributed by atoms with Crippen LogP contribution >= 0.6 is 0 Å². The van der Waals surface area contributed by atoms with Gasteiger partial charge in [-0.05, 0) is 23.8 Å². The van der Waals surface area contributed by atoms with Gasteiger partial charge >= 0.3 is 5.69 Å². The number of nitrogens with two attached hydrogens (primary N) is 1. The average molecular weight is 274 g/mol. The molecule has 0 aliphatic carbocycles. The number of aromatic nitrogens is 1. The van der Waals surface area contributed by atoms with Gasteiger partial charge in [0.1, 0.15) is 5.82 Å². The zero-order chi connectivity index (χ0) is 14.5. The molecule has 0 saturated heterocycles. The van der Waals surface area contributed by atoms with Crippen molar-refractivity contribution in [2.45, 2.75) is 6.61 Å². The maximum Gasteiger partial charge on any atom is 0.311 e. The topological polar surface area (TPSA) is 103 Å². The lowest BCUT2D eigenvalue weighted by Crippen LogP contribution is -2.02. The Morgan fingerprint density at radius 2 is 2.20 bits per heavy atom. The minimum atomic E-state index is -0.506. The van der Waals surface area contributed by atoms with Crippen molar-refractivity contribution < 1.29 is 9.66 Å². The molecule has 7 nitrogen and oxygen atoms in total. The average Bonchev–Trinajstić information content (AvgIpc) is 2.39. The summed E-state index contributed by atoms with van der Waals surface area (Å²) in [6.07, 6.45) is 0. The highest BCUT2D eigenvalue weighted by molar-refractivity contribution is 5.67. The fourth-order valence-electron chi connectivity index (χ4n) is 1.75. The van der Waals surface area contributed by atoms with E-state index in [1.54, 1.807) is 13.2 Å². The minimum Gasteiger partial charge on any atom is -0.384 e. The summed E-state index contributed by atoms with van der Waals surface area (Å²) in [4.78, 5) is 14.4. The van der Waals surface area contributed by atoms with Gasteiger partial charge in [0.2, 0.25) is 5.82 Å². The Hall–Kier alpha value is -2.67. The van der Waals surface area contributed by atoms with Gasteiger partial charge < -0.3 is 15.8 Å². The molecule has 1 aromatic heterocycles.